The number of amides is 2. The predicted octanol–water partition coefficient (Wildman–Crippen LogP) is 4.78. The number of nitrogens with zero attached hydrogens (tertiary/aromatic N) is 2. The molecule has 1 unspecified atom stereocenters. The van der Waals surface area contributed by atoms with Crippen molar-refractivity contribution in [2.24, 2.45) is 0 Å². The second-order valence-corrected chi connectivity index (χ2v) is 12.2. The van der Waals surface area contributed by atoms with Gasteiger partial charge in [-0.2, -0.15) is 0 Å². The molecule has 2 amide bonds. The molecule has 0 saturated heterocycles. The quantitative estimate of drug-likeness (QED) is 0.277. The van der Waals surface area contributed by atoms with Gasteiger partial charge in [-0.3, -0.25) is 13.9 Å². The monoisotopic (exact) mass is 629 g/mol. The molecule has 0 fully saturated rings. The summed E-state index contributed by atoms with van der Waals surface area (Å²) >= 11 is 3.49. The lowest BCUT2D eigenvalue weighted by Gasteiger charge is -2.32. The fourth-order valence-electron chi connectivity index (χ4n) is 4.50. The molecule has 0 aliphatic heterocycles. The van der Waals surface area contributed by atoms with Gasteiger partial charge in [0, 0.05) is 36.9 Å². The molecule has 3 rings (SSSR count). The number of nitrogens with one attached hydrogen (secondary N) is 1. The number of sulfonamides is 1. The zero-order valence-corrected chi connectivity index (χ0v) is 25.4. The Morgan fingerprint density at radius 1 is 0.975 bits per heavy atom. The first kappa shape index (κ1) is 31.2. The van der Waals surface area contributed by atoms with Gasteiger partial charge < -0.3 is 15.0 Å². The summed E-state index contributed by atoms with van der Waals surface area (Å²) in [5.41, 5.74) is 2.22. The SMILES string of the molecule is CCNC(=O)C(Cc1ccccc1)N(Cc1cccc(Br)c1)C(=O)CCCN(c1ccccc1OC)S(C)(=O)=O. The highest BCUT2D eigenvalue weighted by atomic mass is 79.9. The molecule has 40 heavy (non-hydrogen) atoms. The van der Waals surface area contributed by atoms with Gasteiger partial charge in [0.2, 0.25) is 21.8 Å². The van der Waals surface area contributed by atoms with Crippen LogP contribution in [0.1, 0.15) is 30.9 Å². The number of likely N-dealkylation sites (N-methyl/N-ethyl adjacent to an activating group) is 1. The summed E-state index contributed by atoms with van der Waals surface area (Å²) in [5.74, 6) is -0.0446. The summed E-state index contributed by atoms with van der Waals surface area (Å²) < 4.78 is 32.8. The van der Waals surface area contributed by atoms with E-state index in [0.29, 0.717) is 24.4 Å². The van der Waals surface area contributed by atoms with E-state index in [-0.39, 0.29) is 37.7 Å². The Bertz CT molecular complexity index is 1380. The van der Waals surface area contributed by atoms with Gasteiger partial charge in [0.05, 0.1) is 19.1 Å². The molecule has 0 aromatic heterocycles. The molecule has 3 aromatic rings. The molecular weight excluding hydrogens is 594 g/mol. The Balaban J connectivity index is 1.88. The molecule has 0 aliphatic rings. The molecule has 0 bridgehead atoms. The molecule has 8 nitrogen and oxygen atoms in total. The van der Waals surface area contributed by atoms with Gasteiger partial charge >= 0.3 is 0 Å². The van der Waals surface area contributed by atoms with Crippen molar-refractivity contribution in [3.8, 4) is 5.75 Å². The Kier molecular flexibility index (Phi) is 11.6. The minimum Gasteiger partial charge on any atom is -0.495 e. The van der Waals surface area contributed by atoms with Crippen molar-refractivity contribution in [2.45, 2.75) is 38.8 Å². The largest absolute Gasteiger partial charge is 0.495 e. The van der Waals surface area contributed by atoms with Gasteiger partial charge in [0.25, 0.3) is 0 Å². The summed E-state index contributed by atoms with van der Waals surface area (Å²) in [5, 5.41) is 2.88. The Morgan fingerprint density at radius 3 is 2.30 bits per heavy atom. The van der Waals surface area contributed by atoms with Crippen LogP contribution in [0.3, 0.4) is 0 Å². The highest BCUT2D eigenvalue weighted by molar-refractivity contribution is 9.10. The highest BCUT2D eigenvalue weighted by Crippen LogP contribution is 2.30. The van der Waals surface area contributed by atoms with Crippen LogP contribution in [0.5, 0.6) is 5.75 Å². The van der Waals surface area contributed by atoms with E-state index in [4.69, 9.17) is 4.74 Å². The third-order valence-corrected chi connectivity index (χ3v) is 8.04. The predicted molar refractivity (Wildman–Crippen MR) is 162 cm³/mol. The number of para-hydroxylation sites is 2. The molecule has 0 heterocycles. The number of halogens is 1. The van der Waals surface area contributed by atoms with Crippen LogP contribution in [0.2, 0.25) is 0 Å². The number of hydrogen-bond acceptors (Lipinski definition) is 5. The van der Waals surface area contributed by atoms with Gasteiger partial charge in [-0.25, -0.2) is 8.42 Å². The zero-order valence-electron chi connectivity index (χ0n) is 23.0. The van der Waals surface area contributed by atoms with E-state index in [9.17, 15) is 18.0 Å². The van der Waals surface area contributed by atoms with E-state index in [0.717, 1.165) is 21.9 Å². The van der Waals surface area contributed by atoms with Crippen molar-refractivity contribution in [1.29, 1.82) is 0 Å². The fraction of sp³-hybridized carbons (Fsp3) is 0.333. The van der Waals surface area contributed by atoms with Gasteiger partial charge in [-0.05, 0) is 48.7 Å². The third kappa shape index (κ3) is 8.82. The van der Waals surface area contributed by atoms with Crippen LogP contribution in [-0.4, -0.2) is 57.6 Å². The fourth-order valence-corrected chi connectivity index (χ4v) is 5.91. The topological polar surface area (TPSA) is 96.0 Å². The van der Waals surface area contributed by atoms with Crippen LogP contribution in [-0.2, 0) is 32.6 Å². The number of benzene rings is 3. The maximum Gasteiger partial charge on any atom is 0.243 e. The van der Waals surface area contributed by atoms with Gasteiger partial charge in [-0.15, -0.1) is 0 Å². The normalized spacial score (nSPS) is 11.9. The van der Waals surface area contributed by atoms with E-state index in [2.05, 4.69) is 21.2 Å². The van der Waals surface area contributed by atoms with E-state index >= 15 is 0 Å². The molecule has 1 atom stereocenters. The maximum absolute atomic E-state index is 13.8. The first-order valence-electron chi connectivity index (χ1n) is 13.1. The molecule has 3 aromatic carbocycles. The van der Waals surface area contributed by atoms with Crippen LogP contribution in [0.15, 0.2) is 83.3 Å². The summed E-state index contributed by atoms with van der Waals surface area (Å²) in [6.07, 6.45) is 1.79. The zero-order chi connectivity index (χ0) is 29.1. The number of ether oxygens (including phenoxy) is 1. The van der Waals surface area contributed by atoms with Gasteiger partial charge in [-0.1, -0.05) is 70.5 Å². The van der Waals surface area contributed by atoms with Crippen molar-refractivity contribution in [3.63, 3.8) is 0 Å². The molecule has 10 heteroatoms. The van der Waals surface area contributed by atoms with E-state index in [1.54, 1.807) is 29.2 Å². The highest BCUT2D eigenvalue weighted by Gasteiger charge is 2.30. The Hall–Kier alpha value is -3.37. The average Bonchev–Trinajstić information content (AvgIpc) is 2.93. The summed E-state index contributed by atoms with van der Waals surface area (Å²) in [6.45, 7) is 2.59. The standard InChI is InChI=1S/C30H36BrN3O5S/c1-4-32-30(36)27(21-23-12-6-5-7-13-23)33(22-24-14-10-15-25(31)20-24)29(35)18-11-19-34(40(3,37)38)26-16-8-9-17-28(26)39-2/h5-10,12-17,20,27H,4,11,18-19,21-22H2,1-3H3,(H,32,36). The first-order valence-corrected chi connectivity index (χ1v) is 15.7. The lowest BCUT2D eigenvalue weighted by Crippen LogP contribution is -2.50. The molecule has 0 spiro atoms. The third-order valence-electron chi connectivity index (χ3n) is 6.37. The average molecular weight is 631 g/mol. The van der Waals surface area contributed by atoms with E-state index in [1.807, 2.05) is 61.5 Å². The molecule has 1 N–H and O–H groups in total. The Morgan fingerprint density at radius 2 is 1.65 bits per heavy atom. The van der Waals surface area contributed by atoms with Crippen LogP contribution in [0.25, 0.3) is 0 Å². The summed E-state index contributed by atoms with van der Waals surface area (Å²) in [6, 6.07) is 23.3. The van der Waals surface area contributed by atoms with Crippen LogP contribution >= 0.6 is 15.9 Å². The number of rotatable bonds is 14. The lowest BCUT2D eigenvalue weighted by atomic mass is 10.0. The number of carbonyl (C=O) groups excluding carboxylic acids is 2. The lowest BCUT2D eigenvalue weighted by molar-refractivity contribution is -0.141. The van der Waals surface area contributed by atoms with Crippen LogP contribution in [0.4, 0.5) is 5.69 Å². The second-order valence-electron chi connectivity index (χ2n) is 9.36. The first-order chi connectivity index (χ1) is 19.1. The maximum atomic E-state index is 13.8. The summed E-state index contributed by atoms with van der Waals surface area (Å²) in [4.78, 5) is 28.7. The van der Waals surface area contributed by atoms with Crippen molar-refractivity contribution in [3.05, 3.63) is 94.5 Å². The molecule has 214 valence electrons. The van der Waals surface area contributed by atoms with Crippen molar-refractivity contribution in [2.75, 3.05) is 30.8 Å². The summed E-state index contributed by atoms with van der Waals surface area (Å²) in [7, 11) is -2.16. The number of anilines is 1. The molecule has 0 aliphatic carbocycles. The smallest absolute Gasteiger partial charge is 0.243 e. The van der Waals surface area contributed by atoms with Crippen LogP contribution < -0.4 is 14.4 Å². The minimum atomic E-state index is -3.64. The number of hydrogen-bond donors (Lipinski definition) is 1. The Labute approximate surface area is 245 Å². The second kappa shape index (κ2) is 14.9. The van der Waals surface area contributed by atoms with Gasteiger partial charge in [0.15, 0.2) is 0 Å². The van der Waals surface area contributed by atoms with Crippen molar-refractivity contribution in [1.82, 2.24) is 10.2 Å². The van der Waals surface area contributed by atoms with Crippen molar-refractivity contribution >= 4 is 43.5 Å². The van der Waals surface area contributed by atoms with Gasteiger partial charge in [0.1, 0.15) is 11.8 Å². The molecular formula is C30H36BrN3O5S. The van der Waals surface area contributed by atoms with E-state index in [1.165, 1.54) is 11.4 Å². The number of methoxy groups -OCH3 is 1. The van der Waals surface area contributed by atoms with Crippen molar-refractivity contribution < 1.29 is 22.7 Å². The number of carbonyl (C=O) groups is 2. The minimum absolute atomic E-state index is 0.0554. The van der Waals surface area contributed by atoms with Crippen LogP contribution in [0, 0.1) is 0 Å². The van der Waals surface area contributed by atoms with E-state index < -0.39 is 16.1 Å². The molecule has 0 radical (unpaired) electrons. The molecule has 0 saturated carbocycles.